The average Bonchev–Trinajstić information content (AvgIpc) is 2.48. The van der Waals surface area contributed by atoms with Gasteiger partial charge in [-0.1, -0.05) is 36.4 Å². The number of benzene rings is 2. The van der Waals surface area contributed by atoms with Crippen LogP contribution in [0.3, 0.4) is 0 Å². The number of para-hydroxylation sites is 2. The zero-order valence-electron chi connectivity index (χ0n) is 10.6. The van der Waals surface area contributed by atoms with Crippen molar-refractivity contribution in [3.05, 3.63) is 77.2 Å². The second-order valence-electron chi connectivity index (χ2n) is 3.81. The maximum Gasteiger partial charge on any atom is 0.336 e. The number of methoxy groups -OCH3 is 1. The van der Waals surface area contributed by atoms with Crippen LogP contribution < -0.4 is 10.4 Å². The third kappa shape index (κ3) is 3.71. The third-order valence-electron chi connectivity index (χ3n) is 2.51. The fraction of sp³-hybridized carbons (Fsp3) is 0.0625. The van der Waals surface area contributed by atoms with Gasteiger partial charge in [0.1, 0.15) is 11.3 Å². The van der Waals surface area contributed by atoms with Crippen LogP contribution in [0.15, 0.2) is 75.9 Å². The maximum absolute atomic E-state index is 10.7. The molecule has 3 nitrogen and oxygen atoms in total. The summed E-state index contributed by atoms with van der Waals surface area (Å²) in [4.78, 5) is 10.7. The molecule has 0 aliphatic rings. The highest BCUT2D eigenvalue weighted by Crippen LogP contribution is 2.09. The van der Waals surface area contributed by atoms with Crippen LogP contribution in [-0.2, 0) is 0 Å². The fourth-order valence-electron chi connectivity index (χ4n) is 1.57. The number of rotatable bonds is 1. The Hall–Kier alpha value is -2.55. The molecule has 0 N–H and O–H groups in total. The van der Waals surface area contributed by atoms with Crippen LogP contribution in [-0.4, -0.2) is 7.11 Å². The smallest absolute Gasteiger partial charge is 0.336 e. The van der Waals surface area contributed by atoms with E-state index in [2.05, 4.69) is 0 Å². The van der Waals surface area contributed by atoms with Gasteiger partial charge in [-0.25, -0.2) is 4.79 Å². The summed E-state index contributed by atoms with van der Waals surface area (Å²) in [6.07, 6.45) is 0. The van der Waals surface area contributed by atoms with Crippen molar-refractivity contribution < 1.29 is 9.15 Å². The minimum atomic E-state index is -0.302. The fourth-order valence-corrected chi connectivity index (χ4v) is 1.57. The van der Waals surface area contributed by atoms with Gasteiger partial charge in [0.15, 0.2) is 0 Å². The summed E-state index contributed by atoms with van der Waals surface area (Å²) >= 11 is 0. The van der Waals surface area contributed by atoms with E-state index in [1.807, 2.05) is 48.5 Å². The van der Waals surface area contributed by atoms with E-state index >= 15 is 0 Å². The Morgan fingerprint density at radius 2 is 1.53 bits per heavy atom. The van der Waals surface area contributed by atoms with Gasteiger partial charge in [0.05, 0.1) is 7.11 Å². The van der Waals surface area contributed by atoms with Gasteiger partial charge in [-0.05, 0) is 24.3 Å². The van der Waals surface area contributed by atoms with Crippen LogP contribution in [0.25, 0.3) is 11.0 Å². The second kappa shape index (κ2) is 6.40. The Kier molecular flexibility index (Phi) is 4.34. The Bertz CT molecular complexity index is 687. The van der Waals surface area contributed by atoms with Crippen molar-refractivity contribution in [2.75, 3.05) is 7.11 Å². The van der Waals surface area contributed by atoms with Crippen LogP contribution in [0.2, 0.25) is 0 Å². The van der Waals surface area contributed by atoms with Crippen molar-refractivity contribution in [2.45, 2.75) is 0 Å². The van der Waals surface area contributed by atoms with Crippen molar-refractivity contribution in [1.82, 2.24) is 0 Å². The van der Waals surface area contributed by atoms with Crippen molar-refractivity contribution >= 4 is 11.0 Å². The van der Waals surface area contributed by atoms with E-state index in [1.54, 1.807) is 19.2 Å². The molecule has 0 atom stereocenters. The van der Waals surface area contributed by atoms with Crippen molar-refractivity contribution in [3.63, 3.8) is 0 Å². The molecular weight excluding hydrogens is 240 g/mol. The first-order chi connectivity index (χ1) is 9.29. The molecule has 3 aromatic rings. The zero-order chi connectivity index (χ0) is 13.5. The highest BCUT2D eigenvalue weighted by Gasteiger charge is 1.92. The van der Waals surface area contributed by atoms with Gasteiger partial charge in [0, 0.05) is 11.5 Å². The molecular formula is C16H14O3. The van der Waals surface area contributed by atoms with Crippen molar-refractivity contribution in [1.29, 1.82) is 0 Å². The van der Waals surface area contributed by atoms with Crippen molar-refractivity contribution in [3.8, 4) is 5.75 Å². The Labute approximate surface area is 111 Å². The molecule has 0 radical (unpaired) electrons. The topological polar surface area (TPSA) is 39.4 Å². The molecule has 0 spiro atoms. The van der Waals surface area contributed by atoms with E-state index in [4.69, 9.17) is 9.15 Å². The normalized spacial score (nSPS) is 9.53. The lowest BCUT2D eigenvalue weighted by Gasteiger charge is -1.93. The number of hydrogen-bond donors (Lipinski definition) is 0. The molecule has 0 saturated heterocycles. The molecule has 19 heavy (non-hydrogen) atoms. The minimum absolute atomic E-state index is 0.302. The van der Waals surface area contributed by atoms with Crippen LogP contribution >= 0.6 is 0 Å². The van der Waals surface area contributed by atoms with E-state index in [1.165, 1.54) is 6.07 Å². The van der Waals surface area contributed by atoms with E-state index in [0.29, 0.717) is 5.58 Å². The van der Waals surface area contributed by atoms with Gasteiger partial charge in [-0.3, -0.25) is 0 Å². The first kappa shape index (κ1) is 12.9. The number of fused-ring (bicyclic) bond motifs is 1. The lowest BCUT2D eigenvalue weighted by Crippen LogP contribution is -1.93. The predicted octanol–water partition coefficient (Wildman–Crippen LogP) is 3.49. The van der Waals surface area contributed by atoms with Gasteiger partial charge in [0.2, 0.25) is 0 Å². The molecule has 0 saturated carbocycles. The number of ether oxygens (including phenoxy) is 1. The van der Waals surface area contributed by atoms with Crippen molar-refractivity contribution in [2.24, 2.45) is 0 Å². The van der Waals surface area contributed by atoms with Gasteiger partial charge < -0.3 is 9.15 Å². The molecule has 96 valence electrons. The van der Waals surface area contributed by atoms with Gasteiger partial charge in [0.25, 0.3) is 0 Å². The molecule has 0 unspecified atom stereocenters. The average molecular weight is 254 g/mol. The van der Waals surface area contributed by atoms with Gasteiger partial charge >= 0.3 is 5.63 Å². The standard InChI is InChI=1S/C9H6O2.C7H8O/c10-9-6-5-7-3-1-2-4-8(7)11-9;1-8-7-5-3-2-4-6-7/h1-6H;2-6H,1H3. The maximum atomic E-state index is 10.7. The molecule has 2 aromatic carbocycles. The largest absolute Gasteiger partial charge is 0.497 e. The molecule has 1 aromatic heterocycles. The Morgan fingerprint density at radius 3 is 2.21 bits per heavy atom. The SMILES string of the molecule is COc1ccccc1.O=c1ccc2ccccc2o1. The van der Waals surface area contributed by atoms with Crippen LogP contribution in [0.1, 0.15) is 0 Å². The van der Waals surface area contributed by atoms with Gasteiger partial charge in [-0.15, -0.1) is 0 Å². The zero-order valence-corrected chi connectivity index (χ0v) is 10.6. The summed E-state index contributed by atoms with van der Waals surface area (Å²) in [5.74, 6) is 0.910. The lowest BCUT2D eigenvalue weighted by atomic mass is 10.2. The molecule has 0 aliphatic heterocycles. The summed E-state index contributed by atoms with van der Waals surface area (Å²) in [7, 11) is 1.66. The summed E-state index contributed by atoms with van der Waals surface area (Å²) in [5.41, 5.74) is 0.337. The molecule has 0 amide bonds. The minimum Gasteiger partial charge on any atom is -0.497 e. The summed E-state index contributed by atoms with van der Waals surface area (Å²) in [6, 6.07) is 20.3. The highest BCUT2D eigenvalue weighted by atomic mass is 16.5. The Morgan fingerprint density at radius 1 is 0.842 bits per heavy atom. The third-order valence-corrected chi connectivity index (χ3v) is 2.51. The number of hydrogen-bond acceptors (Lipinski definition) is 3. The van der Waals surface area contributed by atoms with E-state index < -0.39 is 0 Å². The van der Waals surface area contributed by atoms with Crippen LogP contribution in [0, 0.1) is 0 Å². The molecule has 1 heterocycles. The van der Waals surface area contributed by atoms with Gasteiger partial charge in [-0.2, -0.15) is 0 Å². The Balaban J connectivity index is 0.000000148. The first-order valence-corrected chi connectivity index (χ1v) is 5.87. The van der Waals surface area contributed by atoms with Crippen LogP contribution in [0.5, 0.6) is 5.75 Å². The predicted molar refractivity (Wildman–Crippen MR) is 75.5 cm³/mol. The second-order valence-corrected chi connectivity index (χ2v) is 3.81. The molecule has 3 rings (SSSR count). The molecule has 0 bridgehead atoms. The van der Waals surface area contributed by atoms with E-state index in [0.717, 1.165) is 11.1 Å². The molecule has 3 heteroatoms. The molecule has 0 fully saturated rings. The summed E-state index contributed by atoms with van der Waals surface area (Å²) in [5, 5.41) is 0.951. The monoisotopic (exact) mass is 254 g/mol. The summed E-state index contributed by atoms with van der Waals surface area (Å²) < 4.78 is 9.82. The van der Waals surface area contributed by atoms with E-state index in [-0.39, 0.29) is 5.63 Å². The lowest BCUT2D eigenvalue weighted by molar-refractivity contribution is 0.415. The molecule has 0 aliphatic carbocycles. The highest BCUT2D eigenvalue weighted by molar-refractivity contribution is 5.75. The summed E-state index contributed by atoms with van der Waals surface area (Å²) in [6.45, 7) is 0. The van der Waals surface area contributed by atoms with E-state index in [9.17, 15) is 4.79 Å². The quantitative estimate of drug-likeness (QED) is 0.624. The first-order valence-electron chi connectivity index (χ1n) is 5.87. The van der Waals surface area contributed by atoms with Crippen LogP contribution in [0.4, 0.5) is 0 Å².